The van der Waals surface area contributed by atoms with Crippen LogP contribution in [0.5, 0.6) is 0 Å². The van der Waals surface area contributed by atoms with Crippen LogP contribution in [-0.2, 0) is 32.0 Å². The van der Waals surface area contributed by atoms with Crippen molar-refractivity contribution < 1.29 is 39.1 Å². The van der Waals surface area contributed by atoms with Gasteiger partial charge in [0.25, 0.3) is 5.91 Å². The number of amides is 2. The molecule has 2 amide bonds. The van der Waals surface area contributed by atoms with Crippen molar-refractivity contribution in [3.05, 3.63) is 52.0 Å². The van der Waals surface area contributed by atoms with Crippen LogP contribution in [0.4, 0.5) is 0 Å². The molecule has 11 nitrogen and oxygen atoms in total. The smallest absolute Gasteiger partial charge is 0.306 e. The van der Waals surface area contributed by atoms with Crippen LogP contribution in [0.1, 0.15) is 108 Å². The number of nitrogens with zero attached hydrogens (tertiary/aromatic N) is 2. The molecule has 2 heterocycles. The van der Waals surface area contributed by atoms with Gasteiger partial charge in [-0.05, 0) is 56.4 Å². The van der Waals surface area contributed by atoms with E-state index in [4.69, 9.17) is 9.90 Å². The number of Topliss-reactive ketones (excluding diaryl/α,β-unsaturated/α-hetero) is 1. The van der Waals surface area contributed by atoms with Gasteiger partial charge in [-0.15, -0.1) is 11.3 Å². The maximum Gasteiger partial charge on any atom is 0.306 e. The Morgan fingerprint density at radius 2 is 1.75 bits per heavy atom. The van der Waals surface area contributed by atoms with E-state index in [9.17, 15) is 24.3 Å². The third kappa shape index (κ3) is 14.5. The summed E-state index contributed by atoms with van der Waals surface area (Å²) in [4.78, 5) is 68.9. The van der Waals surface area contributed by atoms with E-state index in [0.29, 0.717) is 37.8 Å². The molecule has 1 aromatic carbocycles. The molecule has 1 saturated heterocycles. The van der Waals surface area contributed by atoms with Crippen LogP contribution in [0.3, 0.4) is 0 Å². The Morgan fingerprint density at radius 3 is 2.31 bits per heavy atom. The Morgan fingerprint density at radius 1 is 1.10 bits per heavy atom. The Kier molecular flexibility index (Phi) is 18.5. The second-order valence-corrected chi connectivity index (χ2v) is 15.5. The second-order valence-electron chi connectivity index (χ2n) is 14.6. The topological polar surface area (TPSA) is 161 Å². The van der Waals surface area contributed by atoms with Gasteiger partial charge < -0.3 is 30.1 Å². The van der Waals surface area contributed by atoms with Gasteiger partial charge in [-0.3, -0.25) is 19.2 Å². The fourth-order valence-corrected chi connectivity index (χ4v) is 7.66. The average molecular weight is 729 g/mol. The summed E-state index contributed by atoms with van der Waals surface area (Å²) in [6.07, 6.45) is 6.40. The van der Waals surface area contributed by atoms with Gasteiger partial charge in [-0.1, -0.05) is 71.4 Å². The Balaban J connectivity index is 0.00000213. The average Bonchev–Trinajstić information content (AvgIpc) is 3.56. The lowest BCUT2D eigenvalue weighted by atomic mass is 9.83. The first-order chi connectivity index (χ1) is 24.0. The summed E-state index contributed by atoms with van der Waals surface area (Å²) in [7, 11) is 3.97. The summed E-state index contributed by atoms with van der Waals surface area (Å²) in [5, 5.41) is 24.0. The molecule has 7 atom stereocenters. The van der Waals surface area contributed by atoms with Gasteiger partial charge in [0.2, 0.25) is 5.91 Å². The number of likely N-dealkylation sites (N-methyl/N-ethyl adjacent to an activating group) is 1. The van der Waals surface area contributed by atoms with Crippen LogP contribution in [-0.4, -0.2) is 83.3 Å². The Labute approximate surface area is 308 Å². The summed E-state index contributed by atoms with van der Waals surface area (Å²) in [6.45, 7) is 12.0. The van der Waals surface area contributed by atoms with Gasteiger partial charge >= 0.3 is 5.97 Å². The van der Waals surface area contributed by atoms with Crippen molar-refractivity contribution in [2.75, 3.05) is 20.6 Å². The molecule has 284 valence electrons. The second kappa shape index (κ2) is 21.7. The first-order valence-electron chi connectivity index (χ1n) is 18.4. The first kappa shape index (κ1) is 43.5. The van der Waals surface area contributed by atoms with Gasteiger partial charge in [0, 0.05) is 55.7 Å². The van der Waals surface area contributed by atoms with Crippen LogP contribution < -0.4 is 15.3 Å². The molecule has 3 N–H and O–H groups in total. The highest BCUT2D eigenvalue weighted by Gasteiger charge is 2.37. The number of piperidine rings is 1. The fourth-order valence-electron chi connectivity index (χ4n) is 6.86. The summed E-state index contributed by atoms with van der Waals surface area (Å²) in [5.74, 6) is -2.67. The number of nitrogens with one attached hydrogen (secondary N) is 2. The molecule has 0 saturated carbocycles. The maximum absolute atomic E-state index is 14.0. The number of aliphatic carboxylic acids is 2. The SMILES string of the molecule is CC(=O)[O-].CC[C@H](C)[C@H](CC(=O)[C@H]1CCCC[NH+]1C)C(=O)N(C)[C@H](CCc1nc(C(=O)N[C@@H](Cc2ccccc2)C[C@H](C)C(=O)O)cs1)C(C)C. The standard InChI is InChI=1S/C37H56N4O5S.C2H4O2/c1-8-25(4)29(22-33(42)32-16-12-13-19-40(32)6)36(44)41(7)31(24(2)3)17-18-34-39-30(23-47-34)35(43)38-28(20-26(5)37(45)46)21-27-14-10-9-11-15-27;1-2(3)4/h9-11,14-15,23-26,28-29,31-32H,8,12-13,16-22H2,1-7H3,(H,38,43)(H,45,46);1H3,(H,3,4)/t25-,26-,28+,29-,31+,32+;/m0./s1. The normalized spacial score (nSPS) is 18.7. The van der Waals surface area contributed by atoms with Gasteiger partial charge in [-0.2, -0.15) is 0 Å². The summed E-state index contributed by atoms with van der Waals surface area (Å²) < 4.78 is 0. The number of carboxylic acids is 2. The highest BCUT2D eigenvalue weighted by molar-refractivity contribution is 7.09. The molecular weight excluding hydrogens is 669 g/mol. The van der Waals surface area contributed by atoms with Crippen molar-refractivity contribution in [1.82, 2.24) is 15.2 Å². The van der Waals surface area contributed by atoms with E-state index in [2.05, 4.69) is 45.0 Å². The minimum absolute atomic E-state index is 0.0141. The zero-order valence-electron chi connectivity index (χ0n) is 31.8. The number of hydrogen-bond donors (Lipinski definition) is 3. The van der Waals surface area contributed by atoms with Gasteiger partial charge in [0.05, 0.1) is 24.5 Å². The van der Waals surface area contributed by atoms with Gasteiger partial charge in [-0.25, -0.2) is 4.98 Å². The number of carbonyl (C=O) groups is 5. The third-order valence-electron chi connectivity index (χ3n) is 10.1. The van der Waals surface area contributed by atoms with Crippen molar-refractivity contribution in [2.45, 2.75) is 117 Å². The van der Waals surface area contributed by atoms with Crippen LogP contribution >= 0.6 is 11.3 Å². The number of ketones is 1. The van der Waals surface area contributed by atoms with E-state index in [0.717, 1.165) is 49.7 Å². The molecule has 0 radical (unpaired) electrons. The lowest BCUT2D eigenvalue weighted by molar-refractivity contribution is -0.901. The zero-order valence-corrected chi connectivity index (χ0v) is 32.6. The zero-order chi connectivity index (χ0) is 38.2. The number of rotatable bonds is 18. The fraction of sp³-hybridized carbons (Fsp3) is 0.641. The highest BCUT2D eigenvalue weighted by Crippen LogP contribution is 2.27. The van der Waals surface area contributed by atoms with E-state index in [1.807, 2.05) is 42.3 Å². The number of quaternary nitrogens is 1. The number of thiazole rings is 1. The van der Waals surface area contributed by atoms with Crippen molar-refractivity contribution in [3.8, 4) is 0 Å². The quantitative estimate of drug-likeness (QED) is 0.211. The predicted molar refractivity (Wildman–Crippen MR) is 197 cm³/mol. The molecule has 1 fully saturated rings. The molecule has 51 heavy (non-hydrogen) atoms. The van der Waals surface area contributed by atoms with Crippen LogP contribution in [0.2, 0.25) is 0 Å². The predicted octanol–water partition coefficient (Wildman–Crippen LogP) is 3.46. The van der Waals surface area contributed by atoms with Crippen LogP contribution in [0, 0.1) is 23.7 Å². The lowest BCUT2D eigenvalue weighted by Gasteiger charge is -2.36. The summed E-state index contributed by atoms with van der Waals surface area (Å²) in [6, 6.07) is 9.32. The monoisotopic (exact) mass is 728 g/mol. The van der Waals surface area contributed by atoms with Crippen LogP contribution in [0.15, 0.2) is 35.7 Å². The van der Waals surface area contributed by atoms with E-state index in [1.165, 1.54) is 16.2 Å². The molecule has 12 heteroatoms. The number of benzene rings is 1. The molecule has 3 rings (SSSR count). The first-order valence-corrected chi connectivity index (χ1v) is 19.2. The summed E-state index contributed by atoms with van der Waals surface area (Å²) in [5.41, 5.74) is 1.34. The maximum atomic E-state index is 14.0. The molecule has 1 aliphatic heterocycles. The molecule has 0 spiro atoms. The van der Waals surface area contributed by atoms with Gasteiger partial charge in [0.1, 0.15) is 11.7 Å². The van der Waals surface area contributed by atoms with E-state index in [-0.39, 0.29) is 53.5 Å². The Hall–Kier alpha value is -3.64. The largest absolute Gasteiger partial charge is 0.550 e. The number of carbonyl (C=O) groups excluding carboxylic acids is 4. The number of aryl methyl sites for hydroxylation is 1. The molecule has 1 unspecified atom stereocenters. The molecule has 1 aromatic heterocycles. The van der Waals surface area contributed by atoms with Crippen LogP contribution in [0.25, 0.3) is 0 Å². The summed E-state index contributed by atoms with van der Waals surface area (Å²) >= 11 is 1.42. The van der Waals surface area contributed by atoms with E-state index < -0.39 is 17.9 Å². The number of likely N-dealkylation sites (tertiary alicyclic amines) is 1. The minimum atomic E-state index is -1.08. The minimum Gasteiger partial charge on any atom is -0.550 e. The van der Waals surface area contributed by atoms with Gasteiger partial charge in [0.15, 0.2) is 5.78 Å². The van der Waals surface area contributed by atoms with E-state index in [1.54, 1.807) is 12.3 Å². The van der Waals surface area contributed by atoms with Crippen molar-refractivity contribution in [1.29, 1.82) is 0 Å². The number of carboxylic acid groups (broad SMARTS) is 2. The third-order valence-corrected chi connectivity index (χ3v) is 11.0. The Bertz CT molecular complexity index is 1410. The highest BCUT2D eigenvalue weighted by atomic mass is 32.1. The molecule has 1 aliphatic rings. The molecule has 2 aromatic rings. The molecule has 0 aliphatic carbocycles. The van der Waals surface area contributed by atoms with Crippen molar-refractivity contribution in [2.24, 2.45) is 23.7 Å². The van der Waals surface area contributed by atoms with Crippen molar-refractivity contribution >= 4 is 40.9 Å². The molecular formula is C39H60N4O7S. The van der Waals surface area contributed by atoms with Crippen molar-refractivity contribution in [3.63, 3.8) is 0 Å². The van der Waals surface area contributed by atoms with E-state index >= 15 is 0 Å². The lowest BCUT2D eigenvalue weighted by Crippen LogP contribution is -3.14. The number of aromatic nitrogens is 1. The molecule has 0 bridgehead atoms. The number of hydrogen-bond acceptors (Lipinski definition) is 8.